The number of rotatable bonds is 5. The third kappa shape index (κ3) is 3.95. The minimum absolute atomic E-state index is 0.286. The van der Waals surface area contributed by atoms with Crippen molar-refractivity contribution >= 4 is 11.5 Å². The lowest BCUT2D eigenvalue weighted by molar-refractivity contribution is -0.137. The van der Waals surface area contributed by atoms with Crippen LogP contribution in [0.5, 0.6) is 5.75 Å². The van der Waals surface area contributed by atoms with Gasteiger partial charge in [0, 0.05) is 6.08 Å². The summed E-state index contributed by atoms with van der Waals surface area (Å²) < 4.78 is 23.6. The van der Waals surface area contributed by atoms with Gasteiger partial charge in [0.15, 0.2) is 0 Å². The highest BCUT2D eigenvalue weighted by Gasteiger charge is 2.09. The van der Waals surface area contributed by atoms with E-state index in [1.165, 1.54) is 18.2 Å². The number of carbonyl (C=O) groups is 1. The van der Waals surface area contributed by atoms with Crippen LogP contribution in [-0.2, 0) is 9.53 Å². The Labute approximate surface area is 129 Å². The fourth-order valence-electron chi connectivity index (χ4n) is 2.06. The van der Waals surface area contributed by atoms with Crippen LogP contribution in [0.25, 0.3) is 5.57 Å². The Morgan fingerprint density at radius 1 is 1.14 bits per heavy atom. The van der Waals surface area contributed by atoms with E-state index in [0.29, 0.717) is 16.9 Å². The minimum Gasteiger partial charge on any atom is -0.497 e. The SMILES string of the molecule is CCOC(=O)/C=C(/c1ccc(OC)cc1)c1cccc(F)c1. The molecule has 22 heavy (non-hydrogen) atoms. The molecule has 0 saturated heterocycles. The molecule has 3 nitrogen and oxygen atoms in total. The molecule has 0 heterocycles. The van der Waals surface area contributed by atoms with Crippen LogP contribution in [0.15, 0.2) is 54.6 Å². The molecule has 0 spiro atoms. The van der Waals surface area contributed by atoms with Gasteiger partial charge in [-0.25, -0.2) is 9.18 Å². The van der Waals surface area contributed by atoms with Crippen molar-refractivity contribution in [2.45, 2.75) is 6.92 Å². The molecule has 0 atom stereocenters. The zero-order valence-electron chi connectivity index (χ0n) is 12.5. The summed E-state index contributed by atoms with van der Waals surface area (Å²) in [6.07, 6.45) is 1.38. The number of methoxy groups -OCH3 is 1. The summed E-state index contributed by atoms with van der Waals surface area (Å²) in [5, 5.41) is 0. The van der Waals surface area contributed by atoms with E-state index in [0.717, 1.165) is 5.56 Å². The summed E-state index contributed by atoms with van der Waals surface area (Å²) in [6.45, 7) is 2.02. The van der Waals surface area contributed by atoms with Gasteiger partial charge in [0.05, 0.1) is 13.7 Å². The molecule has 0 radical (unpaired) electrons. The van der Waals surface area contributed by atoms with Crippen molar-refractivity contribution in [2.75, 3.05) is 13.7 Å². The molecule has 0 amide bonds. The van der Waals surface area contributed by atoms with Crippen molar-refractivity contribution in [3.8, 4) is 5.75 Å². The highest BCUT2D eigenvalue weighted by Crippen LogP contribution is 2.26. The molecule has 2 aromatic rings. The zero-order valence-corrected chi connectivity index (χ0v) is 12.5. The van der Waals surface area contributed by atoms with Gasteiger partial charge in [-0.15, -0.1) is 0 Å². The molecule has 0 saturated carbocycles. The number of esters is 1. The van der Waals surface area contributed by atoms with Crippen LogP contribution in [0.2, 0.25) is 0 Å². The van der Waals surface area contributed by atoms with Gasteiger partial charge in [0.25, 0.3) is 0 Å². The van der Waals surface area contributed by atoms with Gasteiger partial charge in [-0.2, -0.15) is 0 Å². The van der Waals surface area contributed by atoms with Gasteiger partial charge < -0.3 is 9.47 Å². The quantitative estimate of drug-likeness (QED) is 0.622. The predicted molar refractivity (Wildman–Crippen MR) is 83.1 cm³/mol. The smallest absolute Gasteiger partial charge is 0.331 e. The van der Waals surface area contributed by atoms with E-state index in [1.54, 1.807) is 38.3 Å². The first-order valence-electron chi connectivity index (χ1n) is 6.93. The second kappa shape index (κ2) is 7.41. The molecule has 0 aliphatic rings. The second-order valence-corrected chi connectivity index (χ2v) is 4.55. The molecule has 0 unspecified atom stereocenters. The first-order chi connectivity index (χ1) is 10.6. The van der Waals surface area contributed by atoms with Gasteiger partial charge in [-0.3, -0.25) is 0 Å². The lowest BCUT2D eigenvalue weighted by Gasteiger charge is -2.10. The van der Waals surface area contributed by atoms with Crippen LogP contribution in [0, 0.1) is 5.82 Å². The number of hydrogen-bond acceptors (Lipinski definition) is 3. The first kappa shape index (κ1) is 15.8. The van der Waals surface area contributed by atoms with Gasteiger partial charge in [-0.05, 0) is 47.9 Å². The Morgan fingerprint density at radius 3 is 2.45 bits per heavy atom. The monoisotopic (exact) mass is 300 g/mol. The fraction of sp³-hybridized carbons (Fsp3) is 0.167. The van der Waals surface area contributed by atoms with E-state index < -0.39 is 5.97 Å². The van der Waals surface area contributed by atoms with E-state index in [2.05, 4.69) is 0 Å². The summed E-state index contributed by atoms with van der Waals surface area (Å²) in [6, 6.07) is 13.3. The Balaban J connectivity index is 2.47. The lowest BCUT2D eigenvalue weighted by atomic mass is 9.97. The molecule has 2 rings (SSSR count). The van der Waals surface area contributed by atoms with E-state index in [4.69, 9.17) is 9.47 Å². The van der Waals surface area contributed by atoms with Gasteiger partial charge in [0.1, 0.15) is 11.6 Å². The van der Waals surface area contributed by atoms with Crippen LogP contribution in [-0.4, -0.2) is 19.7 Å². The number of carbonyl (C=O) groups excluding carboxylic acids is 1. The van der Waals surface area contributed by atoms with E-state index in [1.807, 2.05) is 12.1 Å². The molecular formula is C18H17FO3. The molecule has 0 N–H and O–H groups in total. The highest BCUT2D eigenvalue weighted by atomic mass is 19.1. The maximum absolute atomic E-state index is 13.5. The number of ether oxygens (including phenoxy) is 2. The van der Waals surface area contributed by atoms with Crippen LogP contribution >= 0.6 is 0 Å². The van der Waals surface area contributed by atoms with Crippen molar-refractivity contribution in [3.63, 3.8) is 0 Å². The standard InChI is InChI=1S/C18H17FO3/c1-3-22-18(20)12-17(14-5-4-6-15(19)11-14)13-7-9-16(21-2)10-8-13/h4-12H,3H2,1-2H3/b17-12-. The Kier molecular flexibility index (Phi) is 5.31. The molecule has 0 bridgehead atoms. The third-order valence-corrected chi connectivity index (χ3v) is 3.09. The number of halogens is 1. The maximum Gasteiger partial charge on any atom is 0.331 e. The predicted octanol–water partition coefficient (Wildman–Crippen LogP) is 3.83. The van der Waals surface area contributed by atoms with Crippen molar-refractivity contribution < 1.29 is 18.7 Å². The summed E-state index contributed by atoms with van der Waals surface area (Å²) in [4.78, 5) is 11.8. The largest absolute Gasteiger partial charge is 0.497 e. The Hall–Kier alpha value is -2.62. The Bertz CT molecular complexity index is 675. The van der Waals surface area contributed by atoms with E-state index in [-0.39, 0.29) is 12.4 Å². The molecule has 114 valence electrons. The summed E-state index contributed by atoms with van der Waals surface area (Å²) in [5.74, 6) is -0.114. The van der Waals surface area contributed by atoms with Gasteiger partial charge in [-0.1, -0.05) is 24.3 Å². The van der Waals surface area contributed by atoms with Crippen molar-refractivity contribution in [1.29, 1.82) is 0 Å². The summed E-state index contributed by atoms with van der Waals surface area (Å²) in [5.41, 5.74) is 1.98. The van der Waals surface area contributed by atoms with Crippen molar-refractivity contribution in [2.24, 2.45) is 0 Å². The highest BCUT2D eigenvalue weighted by molar-refractivity contribution is 5.96. The first-order valence-corrected chi connectivity index (χ1v) is 6.93. The molecule has 0 fully saturated rings. The lowest BCUT2D eigenvalue weighted by Crippen LogP contribution is -2.02. The second-order valence-electron chi connectivity index (χ2n) is 4.55. The third-order valence-electron chi connectivity index (χ3n) is 3.09. The minimum atomic E-state index is -0.461. The molecule has 0 aliphatic heterocycles. The molecule has 0 aromatic heterocycles. The fourth-order valence-corrected chi connectivity index (χ4v) is 2.06. The van der Waals surface area contributed by atoms with Crippen LogP contribution < -0.4 is 4.74 Å². The molecule has 0 aliphatic carbocycles. The zero-order chi connectivity index (χ0) is 15.9. The van der Waals surface area contributed by atoms with E-state index in [9.17, 15) is 9.18 Å². The molecular weight excluding hydrogens is 283 g/mol. The van der Waals surface area contributed by atoms with Crippen molar-refractivity contribution in [3.05, 3.63) is 71.6 Å². The average molecular weight is 300 g/mol. The van der Waals surface area contributed by atoms with Gasteiger partial charge in [0.2, 0.25) is 0 Å². The molecule has 4 heteroatoms. The van der Waals surface area contributed by atoms with Crippen LogP contribution in [0.1, 0.15) is 18.1 Å². The van der Waals surface area contributed by atoms with Crippen LogP contribution in [0.4, 0.5) is 4.39 Å². The summed E-state index contributed by atoms with van der Waals surface area (Å²) in [7, 11) is 1.58. The summed E-state index contributed by atoms with van der Waals surface area (Å²) >= 11 is 0. The van der Waals surface area contributed by atoms with Crippen molar-refractivity contribution in [1.82, 2.24) is 0 Å². The van der Waals surface area contributed by atoms with Gasteiger partial charge >= 0.3 is 5.97 Å². The Morgan fingerprint density at radius 2 is 1.86 bits per heavy atom. The van der Waals surface area contributed by atoms with E-state index >= 15 is 0 Å². The van der Waals surface area contributed by atoms with Crippen LogP contribution in [0.3, 0.4) is 0 Å². The molecule has 2 aromatic carbocycles. The normalized spacial score (nSPS) is 11.1. The number of benzene rings is 2. The maximum atomic E-state index is 13.5. The average Bonchev–Trinajstić information content (AvgIpc) is 2.53. The number of hydrogen-bond donors (Lipinski definition) is 0. The topological polar surface area (TPSA) is 35.5 Å².